The summed E-state index contributed by atoms with van der Waals surface area (Å²) in [6.07, 6.45) is 9.13. The van der Waals surface area contributed by atoms with E-state index in [9.17, 15) is 4.79 Å². The van der Waals surface area contributed by atoms with Gasteiger partial charge in [0.05, 0.1) is 42.6 Å². The van der Waals surface area contributed by atoms with Crippen LogP contribution in [0.3, 0.4) is 0 Å². The van der Waals surface area contributed by atoms with Crippen LogP contribution in [-0.2, 0) is 4.79 Å². The lowest BCUT2D eigenvalue weighted by Crippen LogP contribution is -2.32. The van der Waals surface area contributed by atoms with Crippen molar-refractivity contribution in [2.45, 2.75) is 32.7 Å². The van der Waals surface area contributed by atoms with E-state index < -0.39 is 0 Å². The molecule has 1 unspecified atom stereocenters. The second-order valence-corrected chi connectivity index (χ2v) is 8.90. The van der Waals surface area contributed by atoms with Crippen LogP contribution < -0.4 is 0 Å². The smallest absolute Gasteiger partial charge is 0.227 e. The molecule has 1 amide bonds. The Morgan fingerprint density at radius 1 is 0.970 bits per heavy atom. The molecule has 5 rings (SSSR count). The number of amides is 1. The SMILES string of the molecule is CC(C)[CH]C(=O)N1CCCC1c1ncc(-c2ccc(-c3ccc(-c4cnc[nH]4)cc3)cc2)[nH]1. The zero-order valence-electron chi connectivity index (χ0n) is 19.0. The number of likely N-dealkylation sites (tertiary alicyclic amines) is 1. The van der Waals surface area contributed by atoms with E-state index in [0.29, 0.717) is 0 Å². The number of aromatic amines is 2. The Morgan fingerprint density at radius 2 is 1.61 bits per heavy atom. The number of benzene rings is 2. The van der Waals surface area contributed by atoms with Crippen LogP contribution in [0.4, 0.5) is 0 Å². The number of carbonyl (C=O) groups excluding carboxylic acids is 1. The van der Waals surface area contributed by atoms with Crippen LogP contribution in [0.5, 0.6) is 0 Å². The van der Waals surface area contributed by atoms with Crippen LogP contribution in [0.2, 0.25) is 0 Å². The number of nitrogens with one attached hydrogen (secondary N) is 2. The lowest BCUT2D eigenvalue weighted by Gasteiger charge is -2.23. The van der Waals surface area contributed by atoms with Gasteiger partial charge in [-0.1, -0.05) is 62.4 Å². The fourth-order valence-electron chi connectivity index (χ4n) is 4.45. The summed E-state index contributed by atoms with van der Waals surface area (Å²) in [5.74, 6) is 1.21. The molecule has 1 aliphatic heterocycles. The number of nitrogens with zero attached hydrogens (tertiary/aromatic N) is 3. The highest BCUT2D eigenvalue weighted by atomic mass is 16.2. The lowest BCUT2D eigenvalue weighted by atomic mass is 10.0. The maximum atomic E-state index is 12.6. The summed E-state index contributed by atoms with van der Waals surface area (Å²) < 4.78 is 0. The molecule has 2 aromatic heterocycles. The molecule has 0 aliphatic carbocycles. The minimum absolute atomic E-state index is 0.0221. The third-order valence-electron chi connectivity index (χ3n) is 6.15. The average molecular weight is 439 g/mol. The Bertz CT molecular complexity index is 1210. The quantitative estimate of drug-likeness (QED) is 0.408. The summed E-state index contributed by atoms with van der Waals surface area (Å²) in [6.45, 7) is 4.85. The Morgan fingerprint density at radius 3 is 2.21 bits per heavy atom. The van der Waals surface area contributed by atoms with Crippen molar-refractivity contribution in [3.63, 3.8) is 0 Å². The van der Waals surface area contributed by atoms with Crippen molar-refractivity contribution < 1.29 is 4.79 Å². The minimum atomic E-state index is 0.0221. The maximum absolute atomic E-state index is 12.6. The summed E-state index contributed by atoms with van der Waals surface area (Å²) in [5, 5.41) is 0. The van der Waals surface area contributed by atoms with Gasteiger partial charge in [0, 0.05) is 6.54 Å². The fourth-order valence-corrected chi connectivity index (χ4v) is 4.45. The number of carbonyl (C=O) groups is 1. The highest BCUT2D eigenvalue weighted by Gasteiger charge is 2.32. The molecule has 167 valence electrons. The van der Waals surface area contributed by atoms with Gasteiger partial charge < -0.3 is 14.9 Å². The number of imidazole rings is 2. The van der Waals surface area contributed by atoms with Crippen molar-refractivity contribution in [3.8, 4) is 33.6 Å². The van der Waals surface area contributed by atoms with E-state index in [1.165, 1.54) is 0 Å². The zero-order chi connectivity index (χ0) is 22.8. The van der Waals surface area contributed by atoms with E-state index in [1.54, 1.807) is 12.7 Å². The molecule has 33 heavy (non-hydrogen) atoms. The molecule has 6 heteroatoms. The molecule has 0 spiro atoms. The molecule has 1 fully saturated rings. The standard InChI is InChI=1S/C27H28N5O/c1-18(2)14-26(33)32-13-3-4-25(32)27-29-16-24(31-27)22-11-7-20(8-12-22)19-5-9-21(10-6-19)23-15-28-17-30-23/h5-12,14-18,25H,3-4,13H2,1-2H3,(H,28,30)(H,29,31). The van der Waals surface area contributed by atoms with Gasteiger partial charge in [-0.3, -0.25) is 4.79 Å². The predicted octanol–water partition coefficient (Wildman–Crippen LogP) is 5.66. The lowest BCUT2D eigenvalue weighted by molar-refractivity contribution is -0.129. The van der Waals surface area contributed by atoms with Crippen molar-refractivity contribution in [2.24, 2.45) is 5.92 Å². The first-order valence-electron chi connectivity index (χ1n) is 11.5. The third kappa shape index (κ3) is 4.46. The molecule has 1 radical (unpaired) electrons. The van der Waals surface area contributed by atoms with Gasteiger partial charge in [0.25, 0.3) is 0 Å². The molecule has 4 aromatic rings. The van der Waals surface area contributed by atoms with Crippen molar-refractivity contribution in [1.29, 1.82) is 0 Å². The van der Waals surface area contributed by atoms with Gasteiger partial charge >= 0.3 is 0 Å². The second-order valence-electron chi connectivity index (χ2n) is 8.90. The molecule has 0 saturated carbocycles. The Hall–Kier alpha value is -3.67. The highest BCUT2D eigenvalue weighted by Crippen LogP contribution is 2.33. The van der Waals surface area contributed by atoms with Gasteiger partial charge in [0.1, 0.15) is 5.82 Å². The van der Waals surface area contributed by atoms with E-state index in [4.69, 9.17) is 0 Å². The van der Waals surface area contributed by atoms with Crippen LogP contribution in [0.25, 0.3) is 33.6 Å². The normalized spacial score (nSPS) is 16.0. The van der Waals surface area contributed by atoms with Gasteiger partial charge in [-0.15, -0.1) is 0 Å². The van der Waals surface area contributed by atoms with E-state index >= 15 is 0 Å². The molecule has 1 aliphatic rings. The molecule has 0 bridgehead atoms. The van der Waals surface area contributed by atoms with E-state index in [2.05, 4.69) is 68.5 Å². The van der Waals surface area contributed by atoms with Crippen LogP contribution in [0.1, 0.15) is 38.6 Å². The van der Waals surface area contributed by atoms with Crippen molar-refractivity contribution in [3.05, 3.63) is 79.5 Å². The highest BCUT2D eigenvalue weighted by molar-refractivity contribution is 5.85. The first kappa shape index (κ1) is 21.2. The number of hydrogen-bond acceptors (Lipinski definition) is 3. The number of H-pyrrole nitrogens is 2. The second kappa shape index (κ2) is 9.06. The Labute approximate surface area is 194 Å². The molecule has 6 nitrogen and oxygen atoms in total. The Balaban J connectivity index is 1.31. The molecule has 2 N–H and O–H groups in total. The van der Waals surface area contributed by atoms with Gasteiger partial charge in [-0.05, 0) is 41.0 Å². The van der Waals surface area contributed by atoms with Gasteiger partial charge in [0.15, 0.2) is 0 Å². The van der Waals surface area contributed by atoms with E-state index in [1.807, 2.05) is 31.1 Å². The van der Waals surface area contributed by atoms with Gasteiger partial charge in [-0.2, -0.15) is 0 Å². The topological polar surface area (TPSA) is 77.7 Å². The molecular weight excluding hydrogens is 410 g/mol. The van der Waals surface area contributed by atoms with Crippen LogP contribution in [0, 0.1) is 12.3 Å². The number of rotatable bonds is 6. The van der Waals surface area contributed by atoms with Gasteiger partial charge in [0.2, 0.25) is 5.91 Å². The van der Waals surface area contributed by atoms with Crippen molar-refractivity contribution in [2.75, 3.05) is 6.54 Å². The van der Waals surface area contributed by atoms with Crippen LogP contribution >= 0.6 is 0 Å². The van der Waals surface area contributed by atoms with Crippen molar-refractivity contribution in [1.82, 2.24) is 24.8 Å². The van der Waals surface area contributed by atoms with Crippen LogP contribution in [-0.4, -0.2) is 37.3 Å². The first-order valence-corrected chi connectivity index (χ1v) is 11.5. The fraction of sp³-hybridized carbons (Fsp3) is 0.259. The Kier molecular flexibility index (Phi) is 5.82. The van der Waals surface area contributed by atoms with Gasteiger partial charge in [-0.25, -0.2) is 9.97 Å². The summed E-state index contributed by atoms with van der Waals surface area (Å²) in [7, 11) is 0. The maximum Gasteiger partial charge on any atom is 0.227 e. The molecule has 1 atom stereocenters. The number of hydrogen-bond donors (Lipinski definition) is 2. The summed E-state index contributed by atoms with van der Waals surface area (Å²) in [5.41, 5.74) is 6.50. The zero-order valence-corrected chi connectivity index (χ0v) is 19.0. The van der Waals surface area contributed by atoms with Crippen LogP contribution in [0.15, 0.2) is 67.3 Å². The minimum Gasteiger partial charge on any atom is -0.345 e. The molecular formula is C27H28N5O. The molecule has 2 aromatic carbocycles. The summed E-state index contributed by atoms with van der Waals surface area (Å²) >= 11 is 0. The number of aromatic nitrogens is 4. The summed E-state index contributed by atoms with van der Waals surface area (Å²) in [4.78, 5) is 29.9. The largest absolute Gasteiger partial charge is 0.345 e. The molecule has 1 saturated heterocycles. The van der Waals surface area contributed by atoms with E-state index in [-0.39, 0.29) is 17.9 Å². The summed E-state index contributed by atoms with van der Waals surface area (Å²) in [6, 6.07) is 17.0. The van der Waals surface area contributed by atoms with E-state index in [0.717, 1.165) is 58.9 Å². The first-order chi connectivity index (χ1) is 16.1. The monoisotopic (exact) mass is 438 g/mol. The average Bonchev–Trinajstić information content (AvgIpc) is 3.60. The van der Waals surface area contributed by atoms with Crippen molar-refractivity contribution >= 4 is 5.91 Å². The molecule has 3 heterocycles. The predicted molar refractivity (Wildman–Crippen MR) is 130 cm³/mol. The third-order valence-corrected chi connectivity index (χ3v) is 6.15.